The second kappa shape index (κ2) is 9.62. The van der Waals surface area contributed by atoms with Gasteiger partial charge >= 0.3 is 6.09 Å². The molecule has 8 heteroatoms. The first kappa shape index (κ1) is 24.6. The highest BCUT2D eigenvalue weighted by Gasteiger charge is 2.19. The van der Waals surface area contributed by atoms with E-state index in [-0.39, 0.29) is 5.56 Å². The van der Waals surface area contributed by atoms with Gasteiger partial charge in [-0.2, -0.15) is 0 Å². The standard InChI is InChI=1S/C27H31N3O4S/c1-16-15-20(33-6)21(22-19-11-14-35-24(19)25(31)29-23(16)22)17-7-9-18(10-8-17)30(5)13-12-28-26(32)34-27(2,3)4/h7-11,14-15H,12-13H2,1-6H3,(H,28,32)(H,29,31). The molecule has 0 fully saturated rings. The van der Waals surface area contributed by atoms with E-state index in [1.165, 1.54) is 11.3 Å². The third-order valence-electron chi connectivity index (χ3n) is 5.80. The Hall–Kier alpha value is -3.52. The van der Waals surface area contributed by atoms with E-state index in [2.05, 4.69) is 27.3 Å². The highest BCUT2D eigenvalue weighted by Crippen LogP contribution is 2.42. The fraction of sp³-hybridized carbons (Fsp3) is 0.333. The quantitative estimate of drug-likeness (QED) is 0.361. The van der Waals surface area contributed by atoms with Crippen LogP contribution in [0.5, 0.6) is 5.75 Å². The van der Waals surface area contributed by atoms with Crippen molar-refractivity contribution in [2.45, 2.75) is 33.3 Å². The van der Waals surface area contributed by atoms with Crippen LogP contribution in [0.3, 0.4) is 0 Å². The molecule has 0 atom stereocenters. The molecule has 0 radical (unpaired) electrons. The van der Waals surface area contributed by atoms with E-state index in [1.54, 1.807) is 7.11 Å². The van der Waals surface area contributed by atoms with Crippen LogP contribution in [0, 0.1) is 6.92 Å². The number of ether oxygens (including phenoxy) is 2. The van der Waals surface area contributed by atoms with Crippen LogP contribution in [0.4, 0.5) is 10.5 Å². The van der Waals surface area contributed by atoms with Gasteiger partial charge in [-0.3, -0.25) is 4.79 Å². The van der Waals surface area contributed by atoms with Gasteiger partial charge in [0.25, 0.3) is 5.56 Å². The molecule has 4 rings (SSSR count). The molecule has 0 spiro atoms. The number of pyridine rings is 1. The lowest BCUT2D eigenvalue weighted by molar-refractivity contribution is 0.0529. The van der Waals surface area contributed by atoms with Crippen LogP contribution in [0.1, 0.15) is 26.3 Å². The maximum absolute atomic E-state index is 12.6. The summed E-state index contributed by atoms with van der Waals surface area (Å²) in [7, 11) is 3.65. The lowest BCUT2D eigenvalue weighted by Crippen LogP contribution is -2.37. The molecule has 2 heterocycles. The molecule has 35 heavy (non-hydrogen) atoms. The number of aromatic amines is 1. The van der Waals surface area contributed by atoms with Gasteiger partial charge in [-0.1, -0.05) is 12.1 Å². The topological polar surface area (TPSA) is 83.7 Å². The Bertz CT molecular complexity index is 1430. The van der Waals surface area contributed by atoms with Gasteiger partial charge in [-0.05, 0) is 68.5 Å². The van der Waals surface area contributed by atoms with Crippen molar-refractivity contribution < 1.29 is 14.3 Å². The van der Waals surface area contributed by atoms with Crippen molar-refractivity contribution >= 4 is 44.1 Å². The molecule has 0 bridgehead atoms. The van der Waals surface area contributed by atoms with Crippen molar-refractivity contribution in [1.82, 2.24) is 10.3 Å². The highest BCUT2D eigenvalue weighted by atomic mass is 32.1. The maximum atomic E-state index is 12.6. The Balaban J connectivity index is 1.63. The van der Waals surface area contributed by atoms with Gasteiger partial charge < -0.3 is 24.7 Å². The van der Waals surface area contributed by atoms with Gasteiger partial charge in [0.05, 0.1) is 12.6 Å². The highest BCUT2D eigenvalue weighted by molar-refractivity contribution is 7.17. The van der Waals surface area contributed by atoms with Crippen molar-refractivity contribution in [1.29, 1.82) is 0 Å². The number of hydrogen-bond acceptors (Lipinski definition) is 6. The number of carbonyl (C=O) groups excluding carboxylic acids is 1. The van der Waals surface area contributed by atoms with E-state index in [1.807, 2.05) is 64.4 Å². The summed E-state index contributed by atoms with van der Waals surface area (Å²) in [5.41, 5.74) is 4.16. The molecule has 0 unspecified atom stereocenters. The molecule has 1 amide bonds. The van der Waals surface area contributed by atoms with Gasteiger partial charge in [0, 0.05) is 42.2 Å². The smallest absolute Gasteiger partial charge is 0.407 e. The van der Waals surface area contributed by atoms with Crippen molar-refractivity contribution in [3.63, 3.8) is 0 Å². The first-order valence-corrected chi connectivity index (χ1v) is 12.4. The molecule has 0 saturated carbocycles. The molecule has 0 aliphatic carbocycles. The number of alkyl carbamates (subject to hydrolysis) is 1. The van der Waals surface area contributed by atoms with E-state index < -0.39 is 11.7 Å². The Morgan fingerprint density at radius 3 is 2.54 bits per heavy atom. The average molecular weight is 494 g/mol. The third kappa shape index (κ3) is 5.12. The van der Waals surface area contributed by atoms with Crippen LogP contribution in [0.2, 0.25) is 0 Å². The number of benzene rings is 2. The average Bonchev–Trinajstić information content (AvgIpc) is 3.29. The van der Waals surface area contributed by atoms with E-state index >= 15 is 0 Å². The molecule has 184 valence electrons. The van der Waals surface area contributed by atoms with Crippen LogP contribution >= 0.6 is 11.3 Å². The lowest BCUT2D eigenvalue weighted by atomic mass is 9.95. The zero-order valence-electron chi connectivity index (χ0n) is 20.9. The molecular formula is C27H31N3O4S. The summed E-state index contributed by atoms with van der Waals surface area (Å²) in [6.45, 7) is 8.60. The van der Waals surface area contributed by atoms with Gasteiger partial charge in [0.15, 0.2) is 0 Å². The minimum Gasteiger partial charge on any atom is -0.496 e. The zero-order valence-corrected chi connectivity index (χ0v) is 21.8. The Morgan fingerprint density at radius 1 is 1.17 bits per heavy atom. The van der Waals surface area contributed by atoms with Crippen LogP contribution < -0.4 is 20.5 Å². The number of carbonyl (C=O) groups is 1. The summed E-state index contributed by atoms with van der Waals surface area (Å²) >= 11 is 1.44. The summed E-state index contributed by atoms with van der Waals surface area (Å²) in [4.78, 5) is 29.6. The molecule has 4 aromatic rings. The molecule has 0 saturated heterocycles. The summed E-state index contributed by atoms with van der Waals surface area (Å²) < 4.78 is 11.8. The number of aromatic nitrogens is 1. The van der Waals surface area contributed by atoms with E-state index in [9.17, 15) is 9.59 Å². The minimum atomic E-state index is -0.519. The normalized spacial score (nSPS) is 11.6. The van der Waals surface area contributed by atoms with Crippen molar-refractivity contribution in [2.75, 3.05) is 32.1 Å². The molecular weight excluding hydrogens is 462 g/mol. The summed E-state index contributed by atoms with van der Waals surface area (Å²) in [5.74, 6) is 0.761. The maximum Gasteiger partial charge on any atom is 0.407 e. The predicted octanol–water partition coefficient (Wildman–Crippen LogP) is 5.69. The van der Waals surface area contributed by atoms with Gasteiger partial charge in [-0.25, -0.2) is 4.79 Å². The Kier molecular flexibility index (Phi) is 6.76. The number of nitrogens with zero attached hydrogens (tertiary/aromatic N) is 1. The van der Waals surface area contributed by atoms with E-state index in [4.69, 9.17) is 9.47 Å². The summed E-state index contributed by atoms with van der Waals surface area (Å²) in [5, 5.41) is 6.65. The minimum absolute atomic E-state index is 0.0707. The molecule has 0 aliphatic heterocycles. The fourth-order valence-electron chi connectivity index (χ4n) is 4.17. The number of amides is 1. The van der Waals surface area contributed by atoms with Gasteiger partial charge in [0.2, 0.25) is 0 Å². The largest absolute Gasteiger partial charge is 0.496 e. The first-order valence-electron chi connectivity index (χ1n) is 11.5. The molecule has 7 nitrogen and oxygen atoms in total. The fourth-order valence-corrected chi connectivity index (χ4v) is 4.96. The van der Waals surface area contributed by atoms with Crippen LogP contribution in [-0.4, -0.2) is 43.9 Å². The summed E-state index contributed by atoms with van der Waals surface area (Å²) in [6.07, 6.45) is -0.419. The number of rotatable bonds is 6. The first-order chi connectivity index (χ1) is 16.6. The van der Waals surface area contributed by atoms with Crippen LogP contribution in [-0.2, 0) is 4.74 Å². The molecule has 2 aromatic heterocycles. The number of nitrogens with one attached hydrogen (secondary N) is 2. The number of thiophene rings is 1. The Labute approximate surface area is 208 Å². The number of fused-ring (bicyclic) bond motifs is 3. The van der Waals surface area contributed by atoms with Gasteiger partial charge in [-0.15, -0.1) is 11.3 Å². The van der Waals surface area contributed by atoms with E-state index in [0.717, 1.165) is 44.4 Å². The summed E-state index contributed by atoms with van der Waals surface area (Å²) in [6, 6.07) is 12.2. The van der Waals surface area contributed by atoms with Crippen molar-refractivity contribution in [2.24, 2.45) is 0 Å². The number of methoxy groups -OCH3 is 1. The number of anilines is 1. The molecule has 2 aromatic carbocycles. The number of likely N-dealkylation sites (N-methyl/N-ethyl adjacent to an activating group) is 1. The van der Waals surface area contributed by atoms with Crippen molar-refractivity contribution in [3.8, 4) is 16.9 Å². The number of H-pyrrole nitrogens is 1. The molecule has 2 N–H and O–H groups in total. The second-order valence-corrected chi connectivity index (χ2v) is 10.5. The monoisotopic (exact) mass is 493 g/mol. The van der Waals surface area contributed by atoms with Crippen molar-refractivity contribution in [3.05, 3.63) is 57.7 Å². The lowest BCUT2D eigenvalue weighted by Gasteiger charge is -2.22. The zero-order chi connectivity index (χ0) is 25.3. The third-order valence-corrected chi connectivity index (χ3v) is 6.71. The SMILES string of the molecule is COc1cc(C)c2[nH]c(=O)c3sccc3c2c1-c1ccc(N(C)CCNC(=O)OC(C)(C)C)cc1. The number of aryl methyl sites for hydroxylation is 1. The number of hydrogen-bond donors (Lipinski definition) is 2. The second-order valence-electron chi connectivity index (χ2n) is 9.54. The van der Waals surface area contributed by atoms with Crippen LogP contribution in [0.15, 0.2) is 46.6 Å². The van der Waals surface area contributed by atoms with Gasteiger partial charge in [0.1, 0.15) is 16.1 Å². The predicted molar refractivity (Wildman–Crippen MR) is 144 cm³/mol. The van der Waals surface area contributed by atoms with Crippen LogP contribution in [0.25, 0.3) is 32.1 Å². The Morgan fingerprint density at radius 2 is 1.89 bits per heavy atom. The molecule has 0 aliphatic rings. The van der Waals surface area contributed by atoms with E-state index in [0.29, 0.717) is 17.8 Å².